The highest BCUT2D eigenvalue weighted by molar-refractivity contribution is 5.95. The fourth-order valence-corrected chi connectivity index (χ4v) is 2.54. The molecule has 0 aliphatic carbocycles. The lowest BCUT2D eigenvalue weighted by molar-refractivity contribution is 0.0671. The molecule has 18 heavy (non-hydrogen) atoms. The first-order valence-corrected chi connectivity index (χ1v) is 6.77. The molecule has 2 rings (SSSR count). The van der Waals surface area contributed by atoms with Gasteiger partial charge in [0.1, 0.15) is 0 Å². The van der Waals surface area contributed by atoms with Gasteiger partial charge in [0, 0.05) is 24.3 Å². The maximum absolute atomic E-state index is 12.4. The maximum atomic E-state index is 12.4. The van der Waals surface area contributed by atoms with Crippen molar-refractivity contribution in [1.29, 1.82) is 0 Å². The fraction of sp³-hybridized carbons (Fsp3) is 0.533. The summed E-state index contributed by atoms with van der Waals surface area (Å²) in [6.45, 7) is 5.92. The van der Waals surface area contributed by atoms with Crippen molar-refractivity contribution >= 4 is 11.6 Å². The van der Waals surface area contributed by atoms with Crippen LogP contribution >= 0.6 is 0 Å². The molecule has 1 aromatic rings. The molecule has 0 radical (unpaired) electrons. The van der Waals surface area contributed by atoms with Crippen molar-refractivity contribution in [1.82, 2.24) is 4.90 Å². The van der Waals surface area contributed by atoms with E-state index in [1.54, 1.807) is 6.07 Å². The van der Waals surface area contributed by atoms with Crippen LogP contribution < -0.4 is 5.73 Å². The van der Waals surface area contributed by atoms with E-state index in [0.717, 1.165) is 37.1 Å². The summed E-state index contributed by atoms with van der Waals surface area (Å²) < 4.78 is 0. The van der Waals surface area contributed by atoms with Gasteiger partial charge in [0.2, 0.25) is 0 Å². The van der Waals surface area contributed by atoms with Crippen LogP contribution in [-0.2, 0) is 0 Å². The molecular formula is C15H22N2O. The first-order valence-electron chi connectivity index (χ1n) is 6.77. The largest absolute Gasteiger partial charge is 0.398 e. The molecule has 0 spiro atoms. The zero-order chi connectivity index (χ0) is 13.1. The SMILES string of the molecule is CCC1CCCN(C(=O)c2ccc(C)c(N)c2)C1. The number of carbonyl (C=O) groups excluding carboxylic acids is 1. The van der Waals surface area contributed by atoms with E-state index in [0.29, 0.717) is 11.6 Å². The van der Waals surface area contributed by atoms with Crippen molar-refractivity contribution in [2.75, 3.05) is 18.8 Å². The van der Waals surface area contributed by atoms with Crippen molar-refractivity contribution in [2.45, 2.75) is 33.1 Å². The number of hydrogen-bond donors (Lipinski definition) is 1. The van der Waals surface area contributed by atoms with E-state index in [-0.39, 0.29) is 5.91 Å². The monoisotopic (exact) mass is 246 g/mol. The number of nitrogens with two attached hydrogens (primary N) is 1. The van der Waals surface area contributed by atoms with Crippen LogP contribution in [0.1, 0.15) is 42.1 Å². The Kier molecular flexibility index (Phi) is 3.90. The van der Waals surface area contributed by atoms with E-state index in [1.165, 1.54) is 6.42 Å². The zero-order valence-corrected chi connectivity index (χ0v) is 11.3. The van der Waals surface area contributed by atoms with Gasteiger partial charge in [0.25, 0.3) is 5.91 Å². The third-order valence-electron chi connectivity index (χ3n) is 3.91. The summed E-state index contributed by atoms with van der Waals surface area (Å²) in [5.74, 6) is 0.783. The van der Waals surface area contributed by atoms with E-state index in [1.807, 2.05) is 24.0 Å². The molecule has 1 saturated heterocycles. The molecule has 98 valence electrons. The van der Waals surface area contributed by atoms with Crippen LogP contribution in [0.4, 0.5) is 5.69 Å². The van der Waals surface area contributed by atoms with Crippen LogP contribution in [0.25, 0.3) is 0 Å². The molecule has 2 N–H and O–H groups in total. The Balaban J connectivity index is 2.12. The molecular weight excluding hydrogens is 224 g/mol. The zero-order valence-electron chi connectivity index (χ0n) is 11.3. The van der Waals surface area contributed by atoms with Crippen molar-refractivity contribution in [3.05, 3.63) is 29.3 Å². The number of nitrogen functional groups attached to an aromatic ring is 1. The quantitative estimate of drug-likeness (QED) is 0.816. The first kappa shape index (κ1) is 12.9. The highest BCUT2D eigenvalue weighted by Gasteiger charge is 2.23. The molecule has 3 nitrogen and oxygen atoms in total. The predicted molar refractivity (Wildman–Crippen MR) is 74.5 cm³/mol. The van der Waals surface area contributed by atoms with Gasteiger partial charge in [-0.05, 0) is 43.4 Å². The Morgan fingerprint density at radius 3 is 2.94 bits per heavy atom. The van der Waals surface area contributed by atoms with Crippen molar-refractivity contribution < 1.29 is 4.79 Å². The number of piperidine rings is 1. The Morgan fingerprint density at radius 2 is 2.28 bits per heavy atom. The van der Waals surface area contributed by atoms with Gasteiger partial charge in [0.05, 0.1) is 0 Å². The number of rotatable bonds is 2. The topological polar surface area (TPSA) is 46.3 Å². The van der Waals surface area contributed by atoms with Gasteiger partial charge < -0.3 is 10.6 Å². The molecule has 1 amide bonds. The molecule has 1 aromatic carbocycles. The van der Waals surface area contributed by atoms with E-state index in [9.17, 15) is 4.79 Å². The molecule has 1 heterocycles. The minimum atomic E-state index is 0.125. The van der Waals surface area contributed by atoms with Gasteiger partial charge in [-0.3, -0.25) is 4.79 Å². The molecule has 1 fully saturated rings. The molecule has 0 saturated carbocycles. The molecule has 0 aromatic heterocycles. The van der Waals surface area contributed by atoms with Gasteiger partial charge in [0.15, 0.2) is 0 Å². The predicted octanol–water partition coefficient (Wildman–Crippen LogP) is 2.84. The van der Waals surface area contributed by atoms with Crippen molar-refractivity contribution in [3.8, 4) is 0 Å². The smallest absolute Gasteiger partial charge is 0.253 e. The van der Waals surface area contributed by atoms with Gasteiger partial charge in [-0.2, -0.15) is 0 Å². The Morgan fingerprint density at radius 1 is 1.50 bits per heavy atom. The number of likely N-dealkylation sites (tertiary alicyclic amines) is 1. The summed E-state index contributed by atoms with van der Waals surface area (Å²) in [4.78, 5) is 14.4. The lowest BCUT2D eigenvalue weighted by atomic mass is 9.95. The Labute approximate surface area is 109 Å². The van der Waals surface area contributed by atoms with Gasteiger partial charge in [-0.1, -0.05) is 19.4 Å². The lowest BCUT2D eigenvalue weighted by Crippen LogP contribution is -2.39. The second kappa shape index (κ2) is 5.42. The standard InChI is InChI=1S/C15H22N2O/c1-3-12-5-4-8-17(10-12)15(18)13-7-6-11(2)14(16)9-13/h6-7,9,12H,3-5,8,10,16H2,1-2H3. The Hall–Kier alpha value is -1.51. The van der Waals surface area contributed by atoms with Crippen LogP contribution in [0.15, 0.2) is 18.2 Å². The third kappa shape index (κ3) is 2.66. The normalized spacial score (nSPS) is 19.9. The second-order valence-electron chi connectivity index (χ2n) is 5.24. The van der Waals surface area contributed by atoms with E-state index < -0.39 is 0 Å². The van der Waals surface area contributed by atoms with Gasteiger partial charge in [-0.25, -0.2) is 0 Å². The number of hydrogen-bond acceptors (Lipinski definition) is 2. The number of anilines is 1. The van der Waals surface area contributed by atoms with Crippen LogP contribution in [0, 0.1) is 12.8 Å². The second-order valence-corrected chi connectivity index (χ2v) is 5.24. The summed E-state index contributed by atoms with van der Waals surface area (Å²) in [6, 6.07) is 5.60. The highest BCUT2D eigenvalue weighted by atomic mass is 16.2. The molecule has 1 aliphatic heterocycles. The fourth-order valence-electron chi connectivity index (χ4n) is 2.54. The maximum Gasteiger partial charge on any atom is 0.253 e. The molecule has 1 aliphatic rings. The van der Waals surface area contributed by atoms with Crippen molar-refractivity contribution in [2.24, 2.45) is 5.92 Å². The average Bonchev–Trinajstić information content (AvgIpc) is 2.41. The van der Waals surface area contributed by atoms with Gasteiger partial charge >= 0.3 is 0 Å². The lowest BCUT2D eigenvalue weighted by Gasteiger charge is -2.32. The van der Waals surface area contributed by atoms with Crippen molar-refractivity contribution in [3.63, 3.8) is 0 Å². The average molecular weight is 246 g/mol. The molecule has 1 atom stereocenters. The van der Waals surface area contributed by atoms with E-state index >= 15 is 0 Å². The number of aryl methyl sites for hydroxylation is 1. The Bertz CT molecular complexity index is 442. The third-order valence-corrected chi connectivity index (χ3v) is 3.91. The number of nitrogens with zero attached hydrogens (tertiary/aromatic N) is 1. The summed E-state index contributed by atoms with van der Waals surface area (Å²) in [5.41, 5.74) is 8.31. The molecule has 1 unspecified atom stereocenters. The van der Waals surface area contributed by atoms with Crippen LogP contribution in [0.5, 0.6) is 0 Å². The minimum absolute atomic E-state index is 0.125. The first-order chi connectivity index (χ1) is 8.61. The summed E-state index contributed by atoms with van der Waals surface area (Å²) in [7, 11) is 0. The van der Waals surface area contributed by atoms with E-state index in [4.69, 9.17) is 5.73 Å². The van der Waals surface area contributed by atoms with Crippen LogP contribution in [0.3, 0.4) is 0 Å². The number of amides is 1. The molecule has 0 bridgehead atoms. The van der Waals surface area contributed by atoms with Crippen LogP contribution in [0.2, 0.25) is 0 Å². The summed E-state index contributed by atoms with van der Waals surface area (Å²) in [5, 5.41) is 0. The van der Waals surface area contributed by atoms with Crippen LogP contribution in [-0.4, -0.2) is 23.9 Å². The number of carbonyl (C=O) groups is 1. The molecule has 3 heteroatoms. The van der Waals surface area contributed by atoms with Gasteiger partial charge in [-0.15, -0.1) is 0 Å². The highest BCUT2D eigenvalue weighted by Crippen LogP contribution is 2.22. The summed E-state index contributed by atoms with van der Waals surface area (Å²) >= 11 is 0. The number of benzene rings is 1. The minimum Gasteiger partial charge on any atom is -0.398 e. The summed E-state index contributed by atoms with van der Waals surface area (Å²) in [6.07, 6.45) is 3.52. The van der Waals surface area contributed by atoms with E-state index in [2.05, 4.69) is 6.92 Å².